The molecule has 1 aromatic rings. The van der Waals surface area contributed by atoms with E-state index >= 15 is 0 Å². The molecular weight excluding hydrogens is 360 g/mol. The van der Waals surface area contributed by atoms with E-state index in [9.17, 15) is 35.1 Å². The van der Waals surface area contributed by atoms with E-state index in [2.05, 4.69) is 0 Å². The first kappa shape index (κ1) is 21.2. The maximum absolute atomic E-state index is 13.0. The van der Waals surface area contributed by atoms with E-state index in [-0.39, 0.29) is 0 Å². The zero-order valence-electron chi connectivity index (χ0n) is 14.8. The molecule has 2 rings (SSSR count). The fraction of sp³-hybridized carbons (Fsp3) is 0.444. The lowest BCUT2D eigenvalue weighted by atomic mass is 9.63. The van der Waals surface area contributed by atoms with Gasteiger partial charge in [0.15, 0.2) is 5.78 Å². The highest BCUT2D eigenvalue weighted by Gasteiger charge is 2.78. The average Bonchev–Trinajstić information content (AvgIpc) is 2.65. The van der Waals surface area contributed by atoms with Crippen LogP contribution in [0.5, 0.6) is 0 Å². The van der Waals surface area contributed by atoms with Crippen LogP contribution >= 0.6 is 0 Å². The van der Waals surface area contributed by atoms with Gasteiger partial charge in [0.25, 0.3) is 0 Å². The summed E-state index contributed by atoms with van der Waals surface area (Å²) in [5.74, 6) is -6.16. The third-order valence-corrected chi connectivity index (χ3v) is 4.90. The number of benzene rings is 1. The molecule has 148 valence electrons. The Kier molecular flexibility index (Phi) is 5.85. The second-order valence-corrected chi connectivity index (χ2v) is 6.28. The summed E-state index contributed by atoms with van der Waals surface area (Å²) >= 11 is 0. The van der Waals surface area contributed by atoms with E-state index in [1.807, 2.05) is 0 Å². The Morgan fingerprint density at radius 1 is 1.11 bits per heavy atom. The number of carboxylic acids is 1. The molecule has 5 atom stereocenters. The number of ether oxygens (including phenoxy) is 2. The van der Waals surface area contributed by atoms with Crippen LogP contribution in [0.1, 0.15) is 12.0 Å². The van der Waals surface area contributed by atoms with Crippen molar-refractivity contribution in [2.75, 3.05) is 14.2 Å². The molecule has 9 heteroatoms. The Morgan fingerprint density at radius 2 is 1.70 bits per heavy atom. The lowest BCUT2D eigenvalue weighted by Gasteiger charge is -2.56. The van der Waals surface area contributed by atoms with Crippen molar-refractivity contribution in [2.24, 2.45) is 0 Å². The SMILES string of the molecule is COC1(C(=O)/C=C/c2ccccc2)C(O)(C(=O)O)C[C@@H](O)C(O)[C@@]1(O)OC. The number of carbonyl (C=O) groups is 2. The van der Waals surface area contributed by atoms with Crippen molar-refractivity contribution in [3.05, 3.63) is 42.0 Å². The van der Waals surface area contributed by atoms with Crippen molar-refractivity contribution >= 4 is 17.8 Å². The lowest BCUT2D eigenvalue weighted by molar-refractivity contribution is -0.382. The third kappa shape index (κ3) is 2.98. The summed E-state index contributed by atoms with van der Waals surface area (Å²) in [5.41, 5.74) is -5.47. The first-order valence-corrected chi connectivity index (χ1v) is 8.03. The van der Waals surface area contributed by atoms with Crippen LogP contribution in [0.15, 0.2) is 36.4 Å². The van der Waals surface area contributed by atoms with Crippen LogP contribution in [0.2, 0.25) is 0 Å². The maximum atomic E-state index is 13.0. The molecule has 0 radical (unpaired) electrons. The molecule has 5 N–H and O–H groups in total. The lowest BCUT2D eigenvalue weighted by Crippen LogP contribution is -2.83. The summed E-state index contributed by atoms with van der Waals surface area (Å²) in [7, 11) is 1.77. The molecule has 0 saturated heterocycles. The number of rotatable bonds is 6. The fourth-order valence-electron chi connectivity index (χ4n) is 3.48. The van der Waals surface area contributed by atoms with E-state index in [1.165, 1.54) is 6.08 Å². The molecule has 0 amide bonds. The van der Waals surface area contributed by atoms with E-state index in [0.29, 0.717) is 5.56 Å². The maximum Gasteiger partial charge on any atom is 0.339 e. The van der Waals surface area contributed by atoms with Gasteiger partial charge in [-0.25, -0.2) is 4.79 Å². The van der Waals surface area contributed by atoms with Gasteiger partial charge in [-0.3, -0.25) is 4.79 Å². The number of methoxy groups -OCH3 is 2. The van der Waals surface area contributed by atoms with Crippen LogP contribution < -0.4 is 0 Å². The number of aliphatic hydroxyl groups excluding tert-OH is 2. The highest BCUT2D eigenvalue weighted by atomic mass is 16.7. The number of hydrogen-bond donors (Lipinski definition) is 5. The first-order chi connectivity index (χ1) is 12.6. The second-order valence-electron chi connectivity index (χ2n) is 6.28. The van der Waals surface area contributed by atoms with Gasteiger partial charge in [0.1, 0.15) is 6.10 Å². The number of carboxylic acid groups (broad SMARTS) is 1. The Labute approximate surface area is 155 Å². The average molecular weight is 382 g/mol. The van der Waals surface area contributed by atoms with Crippen molar-refractivity contribution in [1.82, 2.24) is 0 Å². The fourth-order valence-corrected chi connectivity index (χ4v) is 3.48. The Morgan fingerprint density at radius 3 is 2.19 bits per heavy atom. The van der Waals surface area contributed by atoms with Gasteiger partial charge in [-0.15, -0.1) is 0 Å². The third-order valence-electron chi connectivity index (χ3n) is 4.90. The van der Waals surface area contributed by atoms with Gasteiger partial charge in [-0.05, 0) is 11.6 Å². The predicted molar refractivity (Wildman–Crippen MR) is 91.4 cm³/mol. The van der Waals surface area contributed by atoms with Gasteiger partial charge >= 0.3 is 5.97 Å². The minimum atomic E-state index is -3.09. The molecule has 0 heterocycles. The summed E-state index contributed by atoms with van der Waals surface area (Å²) in [6, 6.07) is 8.48. The van der Waals surface area contributed by atoms with Crippen molar-refractivity contribution in [3.8, 4) is 0 Å². The highest BCUT2D eigenvalue weighted by Crippen LogP contribution is 2.48. The molecule has 1 fully saturated rings. The largest absolute Gasteiger partial charge is 0.479 e. The second kappa shape index (κ2) is 7.47. The molecule has 0 aliphatic heterocycles. The quantitative estimate of drug-likeness (QED) is 0.306. The van der Waals surface area contributed by atoms with Gasteiger partial charge in [0, 0.05) is 20.6 Å². The standard InChI is InChI=1S/C18H22O9/c1-26-17(13(20)9-8-11-6-4-3-5-7-11)16(24,15(22)23)10-12(19)14(21)18(17,25)27-2/h3-9,12,14,19,21,24-25H,10H2,1-2H3,(H,22,23)/b9-8+/t12-,14?,16?,17?,18-/m1/s1. The Balaban J connectivity index is 2.65. The summed E-state index contributed by atoms with van der Waals surface area (Å²) < 4.78 is 9.88. The van der Waals surface area contributed by atoms with Crippen LogP contribution in [0.4, 0.5) is 0 Å². The normalized spacial score (nSPS) is 36.7. The molecule has 3 unspecified atom stereocenters. The number of hydrogen-bond acceptors (Lipinski definition) is 8. The zero-order chi connectivity index (χ0) is 20.5. The molecule has 1 aliphatic rings. The van der Waals surface area contributed by atoms with Crippen molar-refractivity contribution < 1.29 is 44.6 Å². The molecule has 27 heavy (non-hydrogen) atoms. The van der Waals surface area contributed by atoms with Gasteiger partial charge in [-0.1, -0.05) is 36.4 Å². The molecule has 1 saturated carbocycles. The summed E-state index contributed by atoms with van der Waals surface area (Å²) in [6.45, 7) is 0. The van der Waals surface area contributed by atoms with E-state index in [4.69, 9.17) is 9.47 Å². The molecule has 9 nitrogen and oxygen atoms in total. The van der Waals surface area contributed by atoms with Gasteiger partial charge < -0.3 is 35.0 Å². The first-order valence-electron chi connectivity index (χ1n) is 8.03. The van der Waals surface area contributed by atoms with Gasteiger partial charge in [0.05, 0.1) is 6.10 Å². The molecule has 1 aromatic carbocycles. The van der Waals surface area contributed by atoms with Crippen molar-refractivity contribution in [3.63, 3.8) is 0 Å². The van der Waals surface area contributed by atoms with Crippen LogP contribution in [-0.2, 0) is 19.1 Å². The minimum absolute atomic E-state index is 0.577. The molecule has 0 bridgehead atoms. The number of carbonyl (C=O) groups excluding carboxylic acids is 1. The highest BCUT2D eigenvalue weighted by molar-refractivity contribution is 6.06. The van der Waals surface area contributed by atoms with Gasteiger partial charge in [0.2, 0.25) is 17.0 Å². The summed E-state index contributed by atoms with van der Waals surface area (Å²) in [5, 5.41) is 51.4. The molecular formula is C18H22O9. The number of aliphatic carboxylic acids is 1. The van der Waals surface area contributed by atoms with E-state index < -0.39 is 47.4 Å². The van der Waals surface area contributed by atoms with E-state index in [0.717, 1.165) is 20.3 Å². The Bertz CT molecular complexity index is 734. The van der Waals surface area contributed by atoms with E-state index in [1.54, 1.807) is 30.3 Å². The van der Waals surface area contributed by atoms with Crippen LogP contribution in [0.3, 0.4) is 0 Å². The summed E-state index contributed by atoms with van der Waals surface area (Å²) in [4.78, 5) is 24.8. The van der Waals surface area contributed by atoms with Crippen LogP contribution in [-0.4, -0.2) is 80.7 Å². The number of ketones is 1. The molecule has 0 aromatic heterocycles. The van der Waals surface area contributed by atoms with Crippen molar-refractivity contribution in [1.29, 1.82) is 0 Å². The molecule has 0 spiro atoms. The van der Waals surface area contributed by atoms with Crippen molar-refractivity contribution in [2.45, 2.75) is 35.6 Å². The predicted octanol–water partition coefficient (Wildman–Crippen LogP) is -1.07. The monoisotopic (exact) mass is 382 g/mol. The van der Waals surface area contributed by atoms with Crippen LogP contribution in [0.25, 0.3) is 6.08 Å². The smallest absolute Gasteiger partial charge is 0.339 e. The Hall–Kier alpha value is -2.14. The van der Waals surface area contributed by atoms with Gasteiger partial charge in [-0.2, -0.15) is 0 Å². The molecule has 1 aliphatic carbocycles. The number of aliphatic hydroxyl groups is 4. The zero-order valence-corrected chi connectivity index (χ0v) is 14.8. The summed E-state index contributed by atoms with van der Waals surface area (Å²) in [6.07, 6.45) is -2.78. The topological polar surface area (TPSA) is 154 Å². The van der Waals surface area contributed by atoms with Crippen LogP contribution in [0, 0.1) is 0 Å². The minimum Gasteiger partial charge on any atom is -0.479 e.